The van der Waals surface area contributed by atoms with E-state index < -0.39 is 0 Å². The Morgan fingerprint density at radius 1 is 1.28 bits per heavy atom. The van der Waals surface area contributed by atoms with Crippen LogP contribution in [0.3, 0.4) is 0 Å². The molecule has 0 aromatic heterocycles. The standard InChI is InChI=1S/C15H22BrNO/c1-15(2)8-6-12(7-9-15)17-13-10-11(16)4-5-14(13)18-3/h4-5,10,12,17H,6-9H2,1-3H3. The Kier molecular flexibility index (Phi) is 4.21. The number of rotatable bonds is 3. The maximum atomic E-state index is 5.40. The summed E-state index contributed by atoms with van der Waals surface area (Å²) in [5.41, 5.74) is 1.61. The lowest BCUT2D eigenvalue weighted by Crippen LogP contribution is -2.29. The Hall–Kier alpha value is -0.700. The quantitative estimate of drug-likeness (QED) is 0.862. The zero-order chi connectivity index (χ0) is 13.2. The fraction of sp³-hybridized carbons (Fsp3) is 0.600. The molecule has 1 aliphatic rings. The van der Waals surface area contributed by atoms with Crippen LogP contribution in [-0.4, -0.2) is 13.2 Å². The van der Waals surface area contributed by atoms with Gasteiger partial charge in [-0.05, 0) is 49.3 Å². The Balaban J connectivity index is 2.04. The van der Waals surface area contributed by atoms with E-state index in [-0.39, 0.29) is 0 Å². The van der Waals surface area contributed by atoms with E-state index in [1.165, 1.54) is 25.7 Å². The third-order valence-electron chi connectivity index (χ3n) is 3.86. The number of benzene rings is 1. The van der Waals surface area contributed by atoms with Crippen molar-refractivity contribution in [2.45, 2.75) is 45.6 Å². The number of halogens is 1. The largest absolute Gasteiger partial charge is 0.495 e. The van der Waals surface area contributed by atoms with Gasteiger partial charge in [0.05, 0.1) is 12.8 Å². The van der Waals surface area contributed by atoms with Gasteiger partial charge >= 0.3 is 0 Å². The normalized spacial score (nSPS) is 19.6. The van der Waals surface area contributed by atoms with Gasteiger partial charge in [-0.3, -0.25) is 0 Å². The van der Waals surface area contributed by atoms with E-state index in [4.69, 9.17) is 4.74 Å². The van der Waals surface area contributed by atoms with Gasteiger partial charge in [0.1, 0.15) is 5.75 Å². The first-order valence-electron chi connectivity index (χ1n) is 6.60. The average molecular weight is 312 g/mol. The summed E-state index contributed by atoms with van der Waals surface area (Å²) in [4.78, 5) is 0. The van der Waals surface area contributed by atoms with E-state index in [9.17, 15) is 0 Å². The molecule has 1 aliphatic carbocycles. The monoisotopic (exact) mass is 311 g/mol. The Morgan fingerprint density at radius 2 is 1.94 bits per heavy atom. The Bertz CT molecular complexity index is 407. The van der Waals surface area contributed by atoms with Crippen LogP contribution in [0.5, 0.6) is 5.75 Å². The van der Waals surface area contributed by atoms with Crippen molar-refractivity contribution in [2.75, 3.05) is 12.4 Å². The highest BCUT2D eigenvalue weighted by Gasteiger charge is 2.27. The predicted octanol–water partition coefficient (Wildman–Crippen LogP) is 4.84. The SMILES string of the molecule is COc1ccc(Br)cc1NC1CCC(C)(C)CC1. The average Bonchev–Trinajstić information content (AvgIpc) is 2.32. The molecule has 100 valence electrons. The summed E-state index contributed by atoms with van der Waals surface area (Å²) in [6, 6.07) is 6.67. The second-order valence-corrected chi connectivity index (χ2v) is 6.84. The lowest BCUT2D eigenvalue weighted by Gasteiger charge is -2.35. The van der Waals surface area contributed by atoms with Crippen molar-refractivity contribution >= 4 is 21.6 Å². The first kappa shape index (κ1) is 13.7. The summed E-state index contributed by atoms with van der Waals surface area (Å²) in [6.45, 7) is 4.73. The molecule has 0 saturated heterocycles. The molecule has 0 radical (unpaired) electrons. The highest BCUT2D eigenvalue weighted by molar-refractivity contribution is 9.10. The van der Waals surface area contributed by atoms with Crippen molar-refractivity contribution in [3.8, 4) is 5.75 Å². The molecule has 18 heavy (non-hydrogen) atoms. The van der Waals surface area contributed by atoms with Crippen molar-refractivity contribution in [3.05, 3.63) is 22.7 Å². The summed E-state index contributed by atoms with van der Waals surface area (Å²) in [7, 11) is 1.72. The van der Waals surface area contributed by atoms with Gasteiger partial charge < -0.3 is 10.1 Å². The smallest absolute Gasteiger partial charge is 0.142 e. The molecule has 0 spiro atoms. The van der Waals surface area contributed by atoms with Crippen molar-refractivity contribution in [1.29, 1.82) is 0 Å². The predicted molar refractivity (Wildman–Crippen MR) is 80.4 cm³/mol. The molecular weight excluding hydrogens is 290 g/mol. The van der Waals surface area contributed by atoms with Crippen molar-refractivity contribution in [1.82, 2.24) is 0 Å². The molecule has 2 rings (SSSR count). The van der Waals surface area contributed by atoms with Crippen molar-refractivity contribution < 1.29 is 4.74 Å². The van der Waals surface area contributed by atoms with Crippen molar-refractivity contribution in [2.24, 2.45) is 5.41 Å². The van der Waals surface area contributed by atoms with Crippen LogP contribution in [0.2, 0.25) is 0 Å². The van der Waals surface area contributed by atoms with E-state index in [0.29, 0.717) is 11.5 Å². The molecule has 0 aliphatic heterocycles. The number of hydrogen-bond acceptors (Lipinski definition) is 2. The lowest BCUT2D eigenvalue weighted by atomic mass is 9.75. The molecule has 1 aromatic rings. The van der Waals surface area contributed by atoms with E-state index >= 15 is 0 Å². The van der Waals surface area contributed by atoms with Crippen LogP contribution in [0.1, 0.15) is 39.5 Å². The van der Waals surface area contributed by atoms with Gasteiger partial charge in [0.15, 0.2) is 0 Å². The fourth-order valence-electron chi connectivity index (χ4n) is 2.56. The molecule has 0 amide bonds. The van der Waals surface area contributed by atoms with E-state index in [1.54, 1.807) is 7.11 Å². The van der Waals surface area contributed by atoms with E-state index in [1.807, 2.05) is 12.1 Å². The molecule has 3 heteroatoms. The van der Waals surface area contributed by atoms with Gasteiger partial charge in [0.25, 0.3) is 0 Å². The molecule has 1 N–H and O–H groups in total. The number of hydrogen-bond donors (Lipinski definition) is 1. The summed E-state index contributed by atoms with van der Waals surface area (Å²) < 4.78 is 6.48. The maximum Gasteiger partial charge on any atom is 0.142 e. The fourth-order valence-corrected chi connectivity index (χ4v) is 2.92. The van der Waals surface area contributed by atoms with Crippen LogP contribution in [0, 0.1) is 5.41 Å². The second kappa shape index (κ2) is 5.52. The minimum Gasteiger partial charge on any atom is -0.495 e. The minimum absolute atomic E-state index is 0.513. The van der Waals surface area contributed by atoms with Gasteiger partial charge in [0.2, 0.25) is 0 Å². The molecule has 0 bridgehead atoms. The van der Waals surface area contributed by atoms with Gasteiger partial charge in [-0.25, -0.2) is 0 Å². The van der Waals surface area contributed by atoms with Crippen LogP contribution >= 0.6 is 15.9 Å². The zero-order valence-electron chi connectivity index (χ0n) is 11.4. The maximum absolute atomic E-state index is 5.40. The van der Waals surface area contributed by atoms with Crippen LogP contribution in [-0.2, 0) is 0 Å². The zero-order valence-corrected chi connectivity index (χ0v) is 13.0. The van der Waals surface area contributed by atoms with Crippen LogP contribution < -0.4 is 10.1 Å². The third-order valence-corrected chi connectivity index (χ3v) is 4.35. The van der Waals surface area contributed by atoms with Crippen LogP contribution in [0.15, 0.2) is 22.7 Å². The summed E-state index contributed by atoms with van der Waals surface area (Å²) in [5.74, 6) is 0.919. The number of anilines is 1. The summed E-state index contributed by atoms with van der Waals surface area (Å²) in [5, 5.41) is 3.62. The third kappa shape index (κ3) is 3.41. The second-order valence-electron chi connectivity index (χ2n) is 5.93. The lowest BCUT2D eigenvalue weighted by molar-refractivity contribution is 0.232. The molecule has 0 heterocycles. The molecule has 2 nitrogen and oxygen atoms in total. The highest BCUT2D eigenvalue weighted by atomic mass is 79.9. The number of methoxy groups -OCH3 is 1. The van der Waals surface area contributed by atoms with Gasteiger partial charge in [-0.1, -0.05) is 29.8 Å². The molecular formula is C15H22BrNO. The topological polar surface area (TPSA) is 21.3 Å². The summed E-state index contributed by atoms with van der Waals surface area (Å²) >= 11 is 3.51. The summed E-state index contributed by atoms with van der Waals surface area (Å²) in [6.07, 6.45) is 5.06. The first-order chi connectivity index (χ1) is 8.50. The minimum atomic E-state index is 0.513. The van der Waals surface area contributed by atoms with Crippen LogP contribution in [0.25, 0.3) is 0 Å². The number of nitrogens with one attached hydrogen (secondary N) is 1. The van der Waals surface area contributed by atoms with Gasteiger partial charge in [-0.2, -0.15) is 0 Å². The van der Waals surface area contributed by atoms with E-state index in [0.717, 1.165) is 15.9 Å². The molecule has 1 fully saturated rings. The van der Waals surface area contributed by atoms with Gasteiger partial charge in [-0.15, -0.1) is 0 Å². The molecule has 0 unspecified atom stereocenters. The molecule has 0 atom stereocenters. The Labute approximate surface area is 118 Å². The van der Waals surface area contributed by atoms with Gasteiger partial charge in [0, 0.05) is 10.5 Å². The van der Waals surface area contributed by atoms with Crippen LogP contribution in [0.4, 0.5) is 5.69 Å². The molecule has 1 aromatic carbocycles. The molecule has 1 saturated carbocycles. The van der Waals surface area contributed by atoms with Crippen molar-refractivity contribution in [3.63, 3.8) is 0 Å². The number of ether oxygens (including phenoxy) is 1. The first-order valence-corrected chi connectivity index (χ1v) is 7.39. The highest BCUT2D eigenvalue weighted by Crippen LogP contribution is 2.37. The Morgan fingerprint density at radius 3 is 2.56 bits per heavy atom. The van der Waals surface area contributed by atoms with E-state index in [2.05, 4.69) is 41.2 Å².